The zero-order valence-electron chi connectivity index (χ0n) is 11.5. The number of aromatic nitrogens is 3. The summed E-state index contributed by atoms with van der Waals surface area (Å²) in [5.74, 6) is 0.355. The average Bonchev–Trinajstić information content (AvgIpc) is 2.94. The van der Waals surface area contributed by atoms with E-state index < -0.39 is 24.6 Å². The van der Waals surface area contributed by atoms with Gasteiger partial charge in [0.25, 0.3) is 6.29 Å². The zero-order chi connectivity index (χ0) is 15.1. The van der Waals surface area contributed by atoms with Crippen molar-refractivity contribution in [3.8, 4) is 0 Å². The maximum absolute atomic E-state index is 9.90. The molecule has 21 heavy (non-hydrogen) atoms. The van der Waals surface area contributed by atoms with E-state index >= 15 is 0 Å². The Bertz CT molecular complexity index is 664. The third-order valence-electron chi connectivity index (χ3n) is 3.44. The van der Waals surface area contributed by atoms with Gasteiger partial charge in [-0.25, -0.2) is 9.97 Å². The van der Waals surface area contributed by atoms with Crippen LogP contribution in [0.4, 0.5) is 5.82 Å². The largest absolute Gasteiger partial charge is 0.387 e. The Balaban J connectivity index is 1.97. The number of nitrogens with two attached hydrogens (primary N) is 1. The smallest absolute Gasteiger partial charge is 0.253 e. The molecule has 3 heterocycles. The van der Waals surface area contributed by atoms with E-state index in [0.29, 0.717) is 16.9 Å². The first-order valence-corrected chi connectivity index (χ1v) is 7.59. The van der Waals surface area contributed by atoms with Crippen molar-refractivity contribution in [3.05, 3.63) is 12.5 Å². The third-order valence-corrected chi connectivity index (χ3v) is 4.19. The molecule has 1 saturated heterocycles. The molecule has 0 saturated carbocycles. The Morgan fingerprint density at radius 3 is 2.76 bits per heavy atom. The molecule has 3 rings (SSSR count). The van der Waals surface area contributed by atoms with Crippen LogP contribution in [0.25, 0.3) is 11.0 Å². The number of hydrogen-bond acceptors (Lipinski definition) is 8. The van der Waals surface area contributed by atoms with Crippen molar-refractivity contribution in [1.82, 2.24) is 14.7 Å². The van der Waals surface area contributed by atoms with Gasteiger partial charge in [-0.2, -0.15) is 4.73 Å². The van der Waals surface area contributed by atoms with E-state index in [4.69, 9.17) is 15.3 Å². The third kappa shape index (κ3) is 2.31. The topological polar surface area (TPSA) is 116 Å². The highest BCUT2D eigenvalue weighted by Gasteiger charge is 2.42. The van der Waals surface area contributed by atoms with Gasteiger partial charge in [0.05, 0.1) is 17.7 Å². The summed E-state index contributed by atoms with van der Waals surface area (Å²) < 4.78 is 6.77. The molecule has 0 radical (unpaired) electrons. The number of aliphatic hydroxyl groups excluding tert-OH is 2. The Morgan fingerprint density at radius 1 is 1.38 bits per heavy atom. The number of anilines is 1. The number of thioether (sulfide) groups is 1. The number of aliphatic hydroxyl groups is 2. The summed E-state index contributed by atoms with van der Waals surface area (Å²) in [6.45, 7) is 1.67. The predicted octanol–water partition coefficient (Wildman–Crippen LogP) is -0.369. The second-order valence-corrected chi connectivity index (χ2v) is 5.63. The first-order chi connectivity index (χ1) is 10.0. The van der Waals surface area contributed by atoms with Crippen LogP contribution in [0.5, 0.6) is 0 Å². The van der Waals surface area contributed by atoms with Crippen LogP contribution in [0.15, 0.2) is 17.4 Å². The molecule has 2 aromatic rings. The fraction of sp³-hybridized carbons (Fsp3) is 0.500. The van der Waals surface area contributed by atoms with Crippen LogP contribution < -0.4 is 10.6 Å². The maximum Gasteiger partial charge on any atom is 0.253 e. The standard InChI is InChI=1S/C12H16N4O4S/c1-5-8(17)9(18)12(19-5)20-16-3-6(21-2)7-10(13)14-4-15-11(7)16/h3-5,8-9,12,17-18H,1-2H3,(H2,13,14,15)/t5-,8-,9-,12+/m1/s1. The average molecular weight is 312 g/mol. The van der Waals surface area contributed by atoms with Crippen molar-refractivity contribution in [2.24, 2.45) is 0 Å². The monoisotopic (exact) mass is 312 g/mol. The molecule has 1 aliphatic heterocycles. The summed E-state index contributed by atoms with van der Waals surface area (Å²) in [7, 11) is 0. The molecule has 114 valence electrons. The minimum absolute atomic E-state index is 0.355. The summed E-state index contributed by atoms with van der Waals surface area (Å²) in [4.78, 5) is 14.6. The van der Waals surface area contributed by atoms with Crippen LogP contribution in [0.1, 0.15) is 6.92 Å². The number of nitrogens with zero attached hydrogens (tertiary/aromatic N) is 3. The van der Waals surface area contributed by atoms with Gasteiger partial charge in [0.1, 0.15) is 24.4 Å². The molecule has 9 heteroatoms. The van der Waals surface area contributed by atoms with Gasteiger partial charge in [-0.3, -0.25) is 0 Å². The number of rotatable bonds is 3. The molecular weight excluding hydrogens is 296 g/mol. The van der Waals surface area contributed by atoms with Gasteiger partial charge >= 0.3 is 0 Å². The molecule has 0 unspecified atom stereocenters. The van der Waals surface area contributed by atoms with Gasteiger partial charge in [-0.05, 0) is 13.2 Å². The van der Waals surface area contributed by atoms with Crippen LogP contribution in [0.3, 0.4) is 0 Å². The van der Waals surface area contributed by atoms with Crippen molar-refractivity contribution >= 4 is 28.6 Å². The molecule has 2 aromatic heterocycles. The van der Waals surface area contributed by atoms with E-state index in [0.717, 1.165) is 4.90 Å². The second kappa shape index (κ2) is 5.34. The summed E-state index contributed by atoms with van der Waals surface area (Å²) in [5, 5.41) is 20.3. The first-order valence-electron chi connectivity index (χ1n) is 6.37. The molecule has 1 aliphatic rings. The lowest BCUT2D eigenvalue weighted by Gasteiger charge is -2.17. The van der Waals surface area contributed by atoms with Crippen LogP contribution in [0, 0.1) is 0 Å². The molecule has 0 spiro atoms. The van der Waals surface area contributed by atoms with Gasteiger partial charge in [-0.1, -0.05) is 0 Å². The van der Waals surface area contributed by atoms with Gasteiger partial charge in [0.15, 0.2) is 5.65 Å². The Labute approximate surface area is 124 Å². The minimum atomic E-state index is -1.13. The van der Waals surface area contributed by atoms with Crippen molar-refractivity contribution in [3.63, 3.8) is 0 Å². The van der Waals surface area contributed by atoms with Crippen molar-refractivity contribution in [2.45, 2.75) is 36.4 Å². The summed E-state index contributed by atoms with van der Waals surface area (Å²) in [6, 6.07) is 0. The normalized spacial score (nSPS) is 29.1. The van der Waals surface area contributed by atoms with Gasteiger partial charge in [-0.15, -0.1) is 11.8 Å². The summed E-state index contributed by atoms with van der Waals surface area (Å²) in [5.41, 5.74) is 6.35. The van der Waals surface area contributed by atoms with Crippen LogP contribution >= 0.6 is 11.8 Å². The van der Waals surface area contributed by atoms with Crippen molar-refractivity contribution < 1.29 is 19.8 Å². The summed E-state index contributed by atoms with van der Waals surface area (Å²) >= 11 is 1.48. The molecular formula is C12H16N4O4S. The fourth-order valence-corrected chi connectivity index (χ4v) is 2.87. The predicted molar refractivity (Wildman–Crippen MR) is 76.7 cm³/mol. The van der Waals surface area contributed by atoms with E-state index in [2.05, 4.69) is 9.97 Å². The Morgan fingerprint density at radius 2 is 2.14 bits per heavy atom. The van der Waals surface area contributed by atoms with E-state index in [1.165, 1.54) is 22.8 Å². The second-order valence-electron chi connectivity index (χ2n) is 4.78. The molecule has 1 fully saturated rings. The molecule has 0 aliphatic carbocycles. The lowest BCUT2D eigenvalue weighted by atomic mass is 10.2. The number of hydrogen-bond donors (Lipinski definition) is 3. The Hall–Kier alpha value is -1.55. The highest BCUT2D eigenvalue weighted by atomic mass is 32.2. The van der Waals surface area contributed by atoms with Crippen molar-refractivity contribution in [1.29, 1.82) is 0 Å². The van der Waals surface area contributed by atoms with Crippen LogP contribution in [-0.4, -0.2) is 55.8 Å². The van der Waals surface area contributed by atoms with Gasteiger partial charge in [0.2, 0.25) is 0 Å². The van der Waals surface area contributed by atoms with Crippen molar-refractivity contribution in [2.75, 3.05) is 12.0 Å². The van der Waals surface area contributed by atoms with E-state index in [-0.39, 0.29) is 0 Å². The van der Waals surface area contributed by atoms with Crippen LogP contribution in [0.2, 0.25) is 0 Å². The molecule has 8 nitrogen and oxygen atoms in total. The van der Waals surface area contributed by atoms with E-state index in [9.17, 15) is 10.2 Å². The lowest BCUT2D eigenvalue weighted by molar-refractivity contribution is -0.162. The zero-order valence-corrected chi connectivity index (χ0v) is 12.3. The molecule has 4 atom stereocenters. The van der Waals surface area contributed by atoms with Crippen LogP contribution in [-0.2, 0) is 4.74 Å². The highest BCUT2D eigenvalue weighted by Crippen LogP contribution is 2.30. The summed E-state index contributed by atoms with van der Waals surface area (Å²) in [6.07, 6.45) is 1.34. The number of ether oxygens (including phenoxy) is 1. The maximum atomic E-state index is 9.90. The number of fused-ring (bicyclic) bond motifs is 1. The van der Waals surface area contributed by atoms with E-state index in [1.54, 1.807) is 13.1 Å². The molecule has 0 amide bonds. The molecule has 4 N–H and O–H groups in total. The molecule has 0 aromatic carbocycles. The number of nitrogen functional groups attached to an aromatic ring is 1. The fourth-order valence-electron chi connectivity index (χ4n) is 2.27. The first kappa shape index (κ1) is 14.4. The lowest BCUT2D eigenvalue weighted by Crippen LogP contribution is -2.37. The SMILES string of the molecule is CSc1cn(O[C@@H]2O[C@H](C)[C@@H](O)[C@H]2O)c2ncnc(N)c12. The Kier molecular flexibility index (Phi) is 3.66. The van der Waals surface area contributed by atoms with Gasteiger partial charge < -0.3 is 25.5 Å². The quantitative estimate of drug-likeness (QED) is 0.658. The van der Waals surface area contributed by atoms with Gasteiger partial charge in [0, 0.05) is 4.90 Å². The van der Waals surface area contributed by atoms with E-state index in [1.807, 2.05) is 6.26 Å². The highest BCUT2D eigenvalue weighted by molar-refractivity contribution is 7.98. The molecule has 0 bridgehead atoms. The minimum Gasteiger partial charge on any atom is -0.387 e.